The quantitative estimate of drug-likeness (QED) is 0.812. The molecule has 19 heavy (non-hydrogen) atoms. The van der Waals surface area contributed by atoms with Crippen molar-refractivity contribution in [3.63, 3.8) is 0 Å². The molecule has 0 aliphatic heterocycles. The van der Waals surface area contributed by atoms with Gasteiger partial charge in [0.2, 0.25) is 0 Å². The molecule has 0 aliphatic rings. The summed E-state index contributed by atoms with van der Waals surface area (Å²) in [5, 5.41) is 6.60. The number of amides is 1. The Hall–Kier alpha value is -2.44. The molecule has 100 valence electrons. The lowest BCUT2D eigenvalue weighted by atomic mass is 10.1. The van der Waals surface area contributed by atoms with Crippen molar-refractivity contribution in [2.45, 2.75) is 13.5 Å². The average molecular weight is 263 g/mol. The van der Waals surface area contributed by atoms with Gasteiger partial charge in [0.15, 0.2) is 5.82 Å². The molecule has 0 fully saturated rings. The predicted molar refractivity (Wildman–Crippen MR) is 67.7 cm³/mol. The van der Waals surface area contributed by atoms with E-state index in [1.165, 1.54) is 23.1 Å². The number of nitrogens with two attached hydrogens (primary N) is 1. The number of carbonyl (C=O) groups excluding carboxylic acids is 1. The van der Waals surface area contributed by atoms with Crippen molar-refractivity contribution in [1.82, 2.24) is 20.1 Å². The van der Waals surface area contributed by atoms with Crippen LogP contribution in [0.3, 0.4) is 0 Å². The number of hydrogen-bond donors (Lipinski definition) is 2. The molecule has 0 bridgehead atoms. The van der Waals surface area contributed by atoms with Crippen LogP contribution in [0.15, 0.2) is 18.2 Å². The summed E-state index contributed by atoms with van der Waals surface area (Å²) in [6.45, 7) is 1.95. The number of nitrogen functional groups attached to an aromatic ring is 1. The van der Waals surface area contributed by atoms with Gasteiger partial charge in [-0.15, -0.1) is 0 Å². The lowest BCUT2D eigenvalue weighted by molar-refractivity contribution is 0.0777. The van der Waals surface area contributed by atoms with Gasteiger partial charge in [-0.2, -0.15) is 5.10 Å². The fourth-order valence-corrected chi connectivity index (χ4v) is 1.66. The normalized spacial score (nSPS) is 10.5. The molecule has 0 atom stereocenters. The Labute approximate surface area is 109 Å². The molecule has 0 spiro atoms. The highest BCUT2D eigenvalue weighted by molar-refractivity contribution is 5.95. The number of benzene rings is 1. The van der Waals surface area contributed by atoms with Crippen LogP contribution >= 0.6 is 0 Å². The molecule has 6 nitrogen and oxygen atoms in total. The van der Waals surface area contributed by atoms with E-state index in [-0.39, 0.29) is 12.1 Å². The molecular weight excluding hydrogens is 249 g/mol. The highest BCUT2D eigenvalue weighted by Crippen LogP contribution is 2.14. The van der Waals surface area contributed by atoms with Crippen LogP contribution < -0.4 is 5.73 Å². The van der Waals surface area contributed by atoms with Gasteiger partial charge in [-0.3, -0.25) is 9.89 Å². The third-order valence-electron chi connectivity index (χ3n) is 2.59. The first-order valence-electron chi connectivity index (χ1n) is 5.65. The Kier molecular flexibility index (Phi) is 3.46. The van der Waals surface area contributed by atoms with Crippen molar-refractivity contribution < 1.29 is 9.18 Å². The summed E-state index contributed by atoms with van der Waals surface area (Å²) >= 11 is 0. The number of aryl methyl sites for hydroxylation is 1. The average Bonchev–Trinajstić information content (AvgIpc) is 2.77. The van der Waals surface area contributed by atoms with Gasteiger partial charge in [0.05, 0.1) is 12.1 Å². The van der Waals surface area contributed by atoms with Gasteiger partial charge in [0.25, 0.3) is 5.91 Å². The maximum Gasteiger partial charge on any atom is 0.257 e. The lowest BCUT2D eigenvalue weighted by Crippen LogP contribution is -2.27. The predicted octanol–water partition coefficient (Wildman–Crippen LogP) is 1.11. The second kappa shape index (κ2) is 5.05. The number of rotatable bonds is 3. The summed E-state index contributed by atoms with van der Waals surface area (Å²) in [5.41, 5.74) is 5.83. The van der Waals surface area contributed by atoms with E-state index in [0.717, 1.165) is 0 Å². The Morgan fingerprint density at radius 2 is 2.26 bits per heavy atom. The number of nitrogens with one attached hydrogen (secondary N) is 1. The van der Waals surface area contributed by atoms with Gasteiger partial charge in [0, 0.05) is 12.7 Å². The number of aromatic nitrogens is 3. The van der Waals surface area contributed by atoms with E-state index in [1.54, 1.807) is 14.0 Å². The van der Waals surface area contributed by atoms with Gasteiger partial charge >= 0.3 is 0 Å². The van der Waals surface area contributed by atoms with Crippen LogP contribution in [0.4, 0.5) is 10.1 Å². The first-order chi connectivity index (χ1) is 8.97. The molecule has 0 aliphatic carbocycles. The van der Waals surface area contributed by atoms with Gasteiger partial charge in [-0.25, -0.2) is 9.37 Å². The summed E-state index contributed by atoms with van der Waals surface area (Å²) in [7, 11) is 1.55. The molecule has 2 rings (SSSR count). The van der Waals surface area contributed by atoms with E-state index < -0.39 is 11.7 Å². The van der Waals surface area contributed by atoms with E-state index >= 15 is 0 Å². The molecule has 1 amide bonds. The van der Waals surface area contributed by atoms with Crippen molar-refractivity contribution in [2.24, 2.45) is 0 Å². The summed E-state index contributed by atoms with van der Waals surface area (Å²) < 4.78 is 13.6. The highest BCUT2D eigenvalue weighted by atomic mass is 19.1. The smallest absolute Gasteiger partial charge is 0.257 e. The monoisotopic (exact) mass is 263 g/mol. The second-order valence-corrected chi connectivity index (χ2v) is 4.24. The summed E-state index contributed by atoms with van der Waals surface area (Å²) in [5.74, 6) is 0.0631. The third kappa shape index (κ3) is 2.87. The van der Waals surface area contributed by atoms with Crippen LogP contribution in [-0.2, 0) is 6.54 Å². The topological polar surface area (TPSA) is 87.9 Å². The molecule has 1 heterocycles. The number of anilines is 1. The largest absolute Gasteiger partial charge is 0.399 e. The highest BCUT2D eigenvalue weighted by Gasteiger charge is 2.17. The first kappa shape index (κ1) is 13.0. The van der Waals surface area contributed by atoms with E-state index in [0.29, 0.717) is 17.3 Å². The molecule has 1 aromatic heterocycles. The molecule has 2 aromatic rings. The standard InChI is InChI=1S/C12H14FN5O/c1-7-15-11(17-16-7)6-18(2)12(19)9-5-8(14)3-4-10(9)13/h3-5H,6,14H2,1-2H3,(H,15,16,17). The fourth-order valence-electron chi connectivity index (χ4n) is 1.66. The first-order valence-corrected chi connectivity index (χ1v) is 5.65. The van der Waals surface area contributed by atoms with Crippen LogP contribution in [-0.4, -0.2) is 33.0 Å². The van der Waals surface area contributed by atoms with Gasteiger partial charge in [0.1, 0.15) is 11.6 Å². The molecule has 0 radical (unpaired) electrons. The van der Waals surface area contributed by atoms with Crippen LogP contribution in [0.1, 0.15) is 22.0 Å². The Bertz CT molecular complexity index is 610. The lowest BCUT2D eigenvalue weighted by Gasteiger charge is -2.15. The maximum atomic E-state index is 13.6. The van der Waals surface area contributed by atoms with E-state index in [1.807, 2.05) is 0 Å². The zero-order valence-corrected chi connectivity index (χ0v) is 10.6. The minimum Gasteiger partial charge on any atom is -0.399 e. The van der Waals surface area contributed by atoms with Crippen molar-refractivity contribution >= 4 is 11.6 Å². The second-order valence-electron chi connectivity index (χ2n) is 4.24. The summed E-state index contributed by atoms with van der Waals surface area (Å²) in [6, 6.07) is 3.90. The van der Waals surface area contributed by atoms with Crippen molar-refractivity contribution in [3.8, 4) is 0 Å². The minimum atomic E-state index is -0.600. The number of H-pyrrole nitrogens is 1. The fraction of sp³-hybridized carbons (Fsp3) is 0.250. The van der Waals surface area contributed by atoms with E-state index in [9.17, 15) is 9.18 Å². The Balaban J connectivity index is 2.16. The van der Waals surface area contributed by atoms with Crippen LogP contribution in [0.5, 0.6) is 0 Å². The summed E-state index contributed by atoms with van der Waals surface area (Å²) in [4.78, 5) is 17.5. The number of nitrogens with zero attached hydrogens (tertiary/aromatic N) is 3. The number of carbonyl (C=O) groups is 1. The Morgan fingerprint density at radius 1 is 1.53 bits per heavy atom. The number of halogens is 1. The van der Waals surface area contributed by atoms with Gasteiger partial charge in [-0.1, -0.05) is 0 Å². The molecule has 3 N–H and O–H groups in total. The van der Waals surface area contributed by atoms with Crippen LogP contribution in [0.25, 0.3) is 0 Å². The van der Waals surface area contributed by atoms with Gasteiger partial charge < -0.3 is 10.6 Å². The Morgan fingerprint density at radius 3 is 2.89 bits per heavy atom. The molecule has 0 unspecified atom stereocenters. The van der Waals surface area contributed by atoms with Crippen LogP contribution in [0, 0.1) is 12.7 Å². The molecular formula is C12H14FN5O. The van der Waals surface area contributed by atoms with E-state index in [4.69, 9.17) is 5.73 Å². The number of aromatic amines is 1. The molecule has 0 saturated carbocycles. The van der Waals surface area contributed by atoms with Crippen LogP contribution in [0.2, 0.25) is 0 Å². The van der Waals surface area contributed by atoms with Crippen molar-refractivity contribution in [1.29, 1.82) is 0 Å². The molecule has 1 aromatic carbocycles. The molecule has 7 heteroatoms. The zero-order valence-electron chi connectivity index (χ0n) is 10.6. The van der Waals surface area contributed by atoms with E-state index in [2.05, 4.69) is 15.2 Å². The molecule has 0 saturated heterocycles. The minimum absolute atomic E-state index is 0.0604. The van der Waals surface area contributed by atoms with Gasteiger partial charge in [-0.05, 0) is 25.1 Å². The maximum absolute atomic E-state index is 13.6. The van der Waals surface area contributed by atoms with Crippen molar-refractivity contribution in [2.75, 3.05) is 12.8 Å². The third-order valence-corrected chi connectivity index (χ3v) is 2.59. The number of hydrogen-bond acceptors (Lipinski definition) is 4. The van der Waals surface area contributed by atoms with Crippen molar-refractivity contribution in [3.05, 3.63) is 41.2 Å². The SMILES string of the molecule is Cc1nc(CN(C)C(=O)c2cc(N)ccc2F)n[nH]1. The summed E-state index contributed by atoms with van der Waals surface area (Å²) in [6.07, 6.45) is 0. The zero-order chi connectivity index (χ0) is 14.0.